The van der Waals surface area contributed by atoms with Crippen molar-refractivity contribution in [3.05, 3.63) is 53.6 Å². The maximum absolute atomic E-state index is 12.3. The summed E-state index contributed by atoms with van der Waals surface area (Å²) in [5, 5.41) is 5.41. The summed E-state index contributed by atoms with van der Waals surface area (Å²) in [7, 11) is 2.96. The summed E-state index contributed by atoms with van der Waals surface area (Å²) in [6.45, 7) is 1.87. The molecule has 0 saturated carbocycles. The van der Waals surface area contributed by atoms with Crippen molar-refractivity contribution >= 4 is 17.5 Å². The molecule has 0 fully saturated rings. The van der Waals surface area contributed by atoms with Crippen molar-refractivity contribution in [1.82, 2.24) is 5.32 Å². The molecule has 0 aliphatic rings. The van der Waals surface area contributed by atoms with Crippen LogP contribution in [0, 0.1) is 0 Å². The summed E-state index contributed by atoms with van der Waals surface area (Å²) in [5.74, 6) is 0.0847. The fraction of sp³-hybridized carbons (Fsp3) is 0.263. The minimum Gasteiger partial charge on any atom is -0.493 e. The van der Waals surface area contributed by atoms with Gasteiger partial charge in [0.05, 0.1) is 26.3 Å². The van der Waals surface area contributed by atoms with Crippen molar-refractivity contribution in [3.63, 3.8) is 0 Å². The summed E-state index contributed by atoms with van der Waals surface area (Å²) < 4.78 is 10.4. The lowest BCUT2D eigenvalue weighted by Crippen LogP contribution is -2.33. The number of ether oxygens (including phenoxy) is 2. The highest BCUT2D eigenvalue weighted by Gasteiger charge is 2.17. The van der Waals surface area contributed by atoms with Crippen LogP contribution in [0.1, 0.15) is 22.8 Å². The molecular weight excluding hydrogens is 320 g/mol. The number of amides is 2. The highest BCUT2D eigenvalue weighted by molar-refractivity contribution is 6.01. The number of hydrogen-bond donors (Lipinski definition) is 2. The Morgan fingerprint density at radius 1 is 1.00 bits per heavy atom. The first kappa shape index (κ1) is 18.3. The van der Waals surface area contributed by atoms with Crippen LogP contribution in [0.15, 0.2) is 42.5 Å². The van der Waals surface area contributed by atoms with Crippen molar-refractivity contribution in [2.45, 2.75) is 13.3 Å². The van der Waals surface area contributed by atoms with E-state index in [1.807, 2.05) is 31.2 Å². The second-order valence-corrected chi connectivity index (χ2v) is 5.28. The third kappa shape index (κ3) is 4.50. The van der Waals surface area contributed by atoms with Gasteiger partial charge in [-0.25, -0.2) is 0 Å². The lowest BCUT2D eigenvalue weighted by Gasteiger charge is -2.13. The van der Waals surface area contributed by atoms with E-state index >= 15 is 0 Å². The van der Waals surface area contributed by atoms with Crippen LogP contribution in [0.2, 0.25) is 0 Å². The smallest absolute Gasteiger partial charge is 0.255 e. The van der Waals surface area contributed by atoms with Gasteiger partial charge in [-0.2, -0.15) is 0 Å². The quantitative estimate of drug-likeness (QED) is 0.811. The van der Waals surface area contributed by atoms with Crippen LogP contribution in [0.3, 0.4) is 0 Å². The van der Waals surface area contributed by atoms with Crippen LogP contribution in [0.4, 0.5) is 5.69 Å². The minimum atomic E-state index is -0.408. The average Bonchev–Trinajstić information content (AvgIpc) is 2.65. The van der Waals surface area contributed by atoms with Crippen molar-refractivity contribution in [1.29, 1.82) is 0 Å². The number of hydrogen-bond acceptors (Lipinski definition) is 4. The monoisotopic (exact) mass is 342 g/mol. The van der Waals surface area contributed by atoms with E-state index in [4.69, 9.17) is 9.47 Å². The fourth-order valence-corrected chi connectivity index (χ4v) is 2.47. The van der Waals surface area contributed by atoms with Gasteiger partial charge in [-0.05, 0) is 30.2 Å². The molecule has 2 aromatic carbocycles. The molecule has 6 heteroatoms. The van der Waals surface area contributed by atoms with Crippen LogP contribution >= 0.6 is 0 Å². The van der Waals surface area contributed by atoms with E-state index in [2.05, 4.69) is 10.6 Å². The Bertz CT molecular complexity index is 759. The summed E-state index contributed by atoms with van der Waals surface area (Å²) in [4.78, 5) is 24.5. The van der Waals surface area contributed by atoms with Gasteiger partial charge in [0.1, 0.15) is 0 Å². The zero-order valence-corrected chi connectivity index (χ0v) is 14.6. The van der Waals surface area contributed by atoms with E-state index in [-0.39, 0.29) is 12.5 Å². The van der Waals surface area contributed by atoms with E-state index < -0.39 is 5.91 Å². The summed E-state index contributed by atoms with van der Waals surface area (Å²) >= 11 is 0. The SMILES string of the molecule is CCc1ccccc1NC(=O)CNC(=O)c1cccc(OC)c1OC. The first-order chi connectivity index (χ1) is 12.1. The van der Waals surface area contributed by atoms with E-state index in [0.29, 0.717) is 17.1 Å². The fourth-order valence-electron chi connectivity index (χ4n) is 2.47. The van der Waals surface area contributed by atoms with Gasteiger partial charge in [-0.3, -0.25) is 9.59 Å². The van der Waals surface area contributed by atoms with E-state index in [0.717, 1.165) is 17.7 Å². The third-order valence-electron chi connectivity index (χ3n) is 3.73. The lowest BCUT2D eigenvalue weighted by molar-refractivity contribution is -0.115. The average molecular weight is 342 g/mol. The first-order valence-corrected chi connectivity index (χ1v) is 7.97. The van der Waals surface area contributed by atoms with E-state index in [1.54, 1.807) is 18.2 Å². The standard InChI is InChI=1S/C19H22N2O4/c1-4-13-8-5-6-10-15(13)21-17(22)12-20-19(23)14-9-7-11-16(24-2)18(14)25-3/h5-11H,4,12H2,1-3H3,(H,20,23)(H,21,22). The van der Waals surface area contributed by atoms with Crippen molar-refractivity contribution in [2.24, 2.45) is 0 Å². The molecule has 2 aromatic rings. The number of nitrogens with one attached hydrogen (secondary N) is 2. The number of rotatable bonds is 7. The van der Waals surface area contributed by atoms with Gasteiger partial charge in [0, 0.05) is 5.69 Å². The maximum atomic E-state index is 12.3. The van der Waals surface area contributed by atoms with Crippen molar-refractivity contribution in [3.8, 4) is 11.5 Å². The van der Waals surface area contributed by atoms with Gasteiger partial charge in [0.25, 0.3) is 5.91 Å². The number of methoxy groups -OCH3 is 2. The number of carbonyl (C=O) groups excluding carboxylic acids is 2. The lowest BCUT2D eigenvalue weighted by atomic mass is 10.1. The second-order valence-electron chi connectivity index (χ2n) is 5.28. The number of para-hydroxylation sites is 2. The molecule has 0 aliphatic heterocycles. The van der Waals surface area contributed by atoms with Crippen molar-refractivity contribution < 1.29 is 19.1 Å². The van der Waals surface area contributed by atoms with Gasteiger partial charge in [0.15, 0.2) is 11.5 Å². The highest BCUT2D eigenvalue weighted by atomic mass is 16.5. The van der Waals surface area contributed by atoms with Crippen molar-refractivity contribution in [2.75, 3.05) is 26.1 Å². The Balaban J connectivity index is 2.01. The van der Waals surface area contributed by atoms with E-state index in [1.165, 1.54) is 14.2 Å². The molecule has 0 bridgehead atoms. The molecule has 2 amide bonds. The molecule has 0 atom stereocenters. The Labute approximate surface area is 147 Å². The Morgan fingerprint density at radius 3 is 2.44 bits per heavy atom. The molecule has 2 rings (SSSR count). The maximum Gasteiger partial charge on any atom is 0.255 e. The highest BCUT2D eigenvalue weighted by Crippen LogP contribution is 2.30. The van der Waals surface area contributed by atoms with Crippen LogP contribution in [-0.2, 0) is 11.2 Å². The molecule has 25 heavy (non-hydrogen) atoms. The Kier molecular flexibility index (Phi) is 6.39. The summed E-state index contributed by atoms with van der Waals surface area (Å²) in [6.07, 6.45) is 0.809. The molecule has 0 radical (unpaired) electrons. The molecule has 0 saturated heterocycles. The number of benzene rings is 2. The molecule has 0 unspecified atom stereocenters. The third-order valence-corrected chi connectivity index (χ3v) is 3.73. The van der Waals surface area contributed by atoms with Crippen LogP contribution in [0.5, 0.6) is 11.5 Å². The normalized spacial score (nSPS) is 10.0. The number of carbonyl (C=O) groups is 2. The van der Waals surface area contributed by atoms with Gasteiger partial charge in [-0.1, -0.05) is 31.2 Å². The van der Waals surface area contributed by atoms with Crippen LogP contribution in [-0.4, -0.2) is 32.6 Å². The predicted molar refractivity (Wildman–Crippen MR) is 96.3 cm³/mol. The Morgan fingerprint density at radius 2 is 1.76 bits per heavy atom. The molecule has 0 aliphatic carbocycles. The first-order valence-electron chi connectivity index (χ1n) is 7.97. The predicted octanol–water partition coefficient (Wildman–Crippen LogP) is 2.63. The topological polar surface area (TPSA) is 76.7 Å². The molecule has 0 spiro atoms. The van der Waals surface area contributed by atoms with E-state index in [9.17, 15) is 9.59 Å². The van der Waals surface area contributed by atoms with Crippen LogP contribution in [0.25, 0.3) is 0 Å². The van der Waals surface area contributed by atoms with Gasteiger partial charge >= 0.3 is 0 Å². The minimum absolute atomic E-state index is 0.142. The summed E-state index contributed by atoms with van der Waals surface area (Å²) in [6, 6.07) is 12.6. The molecule has 0 aromatic heterocycles. The Hall–Kier alpha value is -3.02. The van der Waals surface area contributed by atoms with Crippen LogP contribution < -0.4 is 20.1 Å². The zero-order chi connectivity index (χ0) is 18.2. The number of anilines is 1. The van der Waals surface area contributed by atoms with Gasteiger partial charge < -0.3 is 20.1 Å². The zero-order valence-electron chi connectivity index (χ0n) is 14.6. The van der Waals surface area contributed by atoms with Gasteiger partial charge in [0.2, 0.25) is 5.91 Å². The second kappa shape index (κ2) is 8.73. The molecule has 2 N–H and O–H groups in total. The molecule has 6 nitrogen and oxygen atoms in total. The largest absolute Gasteiger partial charge is 0.493 e. The molecule has 132 valence electrons. The molecular formula is C19H22N2O4. The molecule has 0 heterocycles. The van der Waals surface area contributed by atoms with Gasteiger partial charge in [-0.15, -0.1) is 0 Å². The summed E-state index contributed by atoms with van der Waals surface area (Å²) in [5.41, 5.74) is 2.10. The number of aryl methyl sites for hydroxylation is 1.